The number of hydrogen-bond donors (Lipinski definition) is 6. The topological polar surface area (TPSA) is 202 Å². The van der Waals surface area contributed by atoms with Gasteiger partial charge < -0.3 is 54.3 Å². The lowest BCUT2D eigenvalue weighted by Crippen LogP contribution is -2.63. The number of aliphatic hydroxyl groups is 6. The summed E-state index contributed by atoms with van der Waals surface area (Å²) in [5.74, 6) is -3.93. The van der Waals surface area contributed by atoms with E-state index in [1.165, 1.54) is 6.08 Å². The van der Waals surface area contributed by atoms with E-state index in [1.807, 2.05) is 0 Å². The van der Waals surface area contributed by atoms with Crippen molar-refractivity contribution in [2.45, 2.75) is 61.7 Å². The number of hydrogen-bond acceptors (Lipinski definition) is 13. The Labute approximate surface area is 206 Å². The van der Waals surface area contributed by atoms with Crippen molar-refractivity contribution in [2.24, 2.45) is 0 Å². The standard InChI is InChI=1S/C23H30O13/c1-12(26)32-10-15-17(28)18(29)19(30)22(33-15)36-23(11-25)21(31)20(14(9-24)35-23)34-16(27)8-7-13-5-3-2-4-6-13/h2-8,14-15,17-22,24-25,28-31H,9-11H2,1H3/b8-7+/t14-,15-,17-,18+,19-,20-,21+,22-,23+/m1/s1. The maximum absolute atomic E-state index is 12.3. The van der Waals surface area contributed by atoms with Crippen molar-refractivity contribution in [3.05, 3.63) is 42.0 Å². The van der Waals surface area contributed by atoms with Gasteiger partial charge in [0.2, 0.25) is 5.79 Å². The first-order valence-electron chi connectivity index (χ1n) is 11.1. The molecule has 2 aliphatic rings. The maximum atomic E-state index is 12.3. The Bertz CT molecular complexity index is 909. The van der Waals surface area contributed by atoms with Crippen LogP contribution in [-0.2, 0) is 33.3 Å². The molecule has 36 heavy (non-hydrogen) atoms. The normalized spacial score (nSPS) is 36.6. The van der Waals surface area contributed by atoms with Gasteiger partial charge in [0.1, 0.15) is 49.8 Å². The Hall–Kier alpha value is -2.46. The zero-order chi connectivity index (χ0) is 26.5. The molecule has 200 valence electrons. The smallest absolute Gasteiger partial charge is 0.331 e. The highest BCUT2D eigenvalue weighted by atomic mass is 16.8. The van der Waals surface area contributed by atoms with Crippen molar-refractivity contribution in [3.8, 4) is 0 Å². The average molecular weight is 514 g/mol. The first kappa shape index (κ1) is 28.1. The lowest BCUT2D eigenvalue weighted by atomic mass is 9.99. The fraction of sp³-hybridized carbons (Fsp3) is 0.565. The molecule has 1 aromatic rings. The van der Waals surface area contributed by atoms with Crippen molar-refractivity contribution in [1.29, 1.82) is 0 Å². The van der Waals surface area contributed by atoms with Gasteiger partial charge in [-0.3, -0.25) is 4.79 Å². The Morgan fingerprint density at radius 3 is 2.33 bits per heavy atom. The molecule has 6 N–H and O–H groups in total. The third-order valence-corrected chi connectivity index (χ3v) is 5.78. The van der Waals surface area contributed by atoms with Crippen molar-refractivity contribution in [1.82, 2.24) is 0 Å². The fourth-order valence-electron chi connectivity index (χ4n) is 3.84. The van der Waals surface area contributed by atoms with Gasteiger partial charge in [-0.05, 0) is 11.6 Å². The van der Waals surface area contributed by atoms with Crippen LogP contribution >= 0.6 is 0 Å². The SMILES string of the molecule is CC(=O)OC[C@H]1O[C@H](O[C@]2(CO)O[C@H](CO)[C@@H](OC(=O)/C=C/c3ccccc3)[C@@H]2O)[C@H](O)[C@@H](O)[C@@H]1O. The predicted octanol–water partition coefficient (Wildman–Crippen LogP) is -2.56. The molecule has 0 unspecified atom stereocenters. The van der Waals surface area contributed by atoms with Gasteiger partial charge in [0, 0.05) is 13.0 Å². The molecule has 2 saturated heterocycles. The molecule has 2 aliphatic heterocycles. The third kappa shape index (κ3) is 6.26. The average Bonchev–Trinajstić information content (AvgIpc) is 3.13. The Morgan fingerprint density at radius 2 is 1.72 bits per heavy atom. The molecule has 0 aromatic heterocycles. The van der Waals surface area contributed by atoms with Gasteiger partial charge >= 0.3 is 11.9 Å². The molecule has 0 amide bonds. The molecule has 13 nitrogen and oxygen atoms in total. The summed E-state index contributed by atoms with van der Waals surface area (Å²) in [6, 6.07) is 8.82. The van der Waals surface area contributed by atoms with Crippen LogP contribution in [0.1, 0.15) is 12.5 Å². The summed E-state index contributed by atoms with van der Waals surface area (Å²) < 4.78 is 26.4. The minimum atomic E-state index is -2.36. The summed E-state index contributed by atoms with van der Waals surface area (Å²) in [5, 5.41) is 61.3. The molecule has 0 bridgehead atoms. The summed E-state index contributed by atoms with van der Waals surface area (Å²) >= 11 is 0. The first-order chi connectivity index (χ1) is 17.1. The van der Waals surface area contributed by atoms with Crippen molar-refractivity contribution < 1.29 is 63.9 Å². The molecule has 0 spiro atoms. The van der Waals surface area contributed by atoms with Crippen LogP contribution in [0.4, 0.5) is 0 Å². The summed E-state index contributed by atoms with van der Waals surface area (Å²) in [7, 11) is 0. The highest BCUT2D eigenvalue weighted by Crippen LogP contribution is 2.37. The predicted molar refractivity (Wildman–Crippen MR) is 118 cm³/mol. The van der Waals surface area contributed by atoms with Gasteiger partial charge in [0.15, 0.2) is 12.4 Å². The third-order valence-electron chi connectivity index (χ3n) is 5.78. The van der Waals surface area contributed by atoms with Crippen LogP contribution in [0.15, 0.2) is 36.4 Å². The van der Waals surface area contributed by atoms with Crippen LogP contribution in [0.3, 0.4) is 0 Å². The minimum absolute atomic E-state index is 0.497. The quantitative estimate of drug-likeness (QED) is 0.149. The Kier molecular flexibility index (Phi) is 9.52. The molecule has 13 heteroatoms. The molecule has 2 fully saturated rings. The molecule has 0 aliphatic carbocycles. The second kappa shape index (κ2) is 12.2. The number of esters is 2. The molecule has 1 aromatic carbocycles. The van der Waals surface area contributed by atoms with Crippen LogP contribution in [0.2, 0.25) is 0 Å². The van der Waals surface area contributed by atoms with Crippen molar-refractivity contribution >= 4 is 18.0 Å². The monoisotopic (exact) mass is 514 g/mol. The van der Waals surface area contributed by atoms with Crippen LogP contribution in [0, 0.1) is 0 Å². The summed E-state index contributed by atoms with van der Waals surface area (Å²) in [6.45, 7) is -1.17. The highest BCUT2D eigenvalue weighted by molar-refractivity contribution is 5.87. The van der Waals surface area contributed by atoms with Gasteiger partial charge in [-0.25, -0.2) is 4.79 Å². The number of carbonyl (C=O) groups is 2. The largest absolute Gasteiger partial charge is 0.463 e. The van der Waals surface area contributed by atoms with Gasteiger partial charge in [0.05, 0.1) is 6.61 Å². The van der Waals surface area contributed by atoms with Crippen LogP contribution in [-0.4, -0.2) is 117 Å². The molecule has 0 radical (unpaired) electrons. The zero-order valence-corrected chi connectivity index (χ0v) is 19.3. The summed E-state index contributed by atoms with van der Waals surface area (Å²) in [6.07, 6.45) is -10.6. The molecule has 0 saturated carbocycles. The zero-order valence-electron chi connectivity index (χ0n) is 19.3. The highest BCUT2D eigenvalue weighted by Gasteiger charge is 2.60. The van der Waals surface area contributed by atoms with E-state index in [-0.39, 0.29) is 0 Å². The first-order valence-corrected chi connectivity index (χ1v) is 11.1. The van der Waals surface area contributed by atoms with Gasteiger partial charge in [0.25, 0.3) is 0 Å². The molecular weight excluding hydrogens is 484 g/mol. The van der Waals surface area contributed by atoms with E-state index in [2.05, 4.69) is 0 Å². The Balaban J connectivity index is 1.74. The fourth-order valence-corrected chi connectivity index (χ4v) is 3.84. The lowest BCUT2D eigenvalue weighted by molar-refractivity contribution is -0.383. The summed E-state index contributed by atoms with van der Waals surface area (Å²) in [5.41, 5.74) is 0.705. The van der Waals surface area contributed by atoms with E-state index in [1.54, 1.807) is 30.3 Å². The van der Waals surface area contributed by atoms with E-state index in [0.717, 1.165) is 13.0 Å². The maximum Gasteiger partial charge on any atom is 0.331 e. The Morgan fingerprint density at radius 1 is 1.03 bits per heavy atom. The van der Waals surface area contributed by atoms with E-state index in [9.17, 15) is 40.2 Å². The molecule has 3 rings (SSSR count). The second-order valence-electron chi connectivity index (χ2n) is 8.33. The van der Waals surface area contributed by atoms with E-state index >= 15 is 0 Å². The minimum Gasteiger partial charge on any atom is -0.463 e. The number of benzene rings is 1. The van der Waals surface area contributed by atoms with Crippen LogP contribution in [0.25, 0.3) is 6.08 Å². The second-order valence-corrected chi connectivity index (χ2v) is 8.33. The summed E-state index contributed by atoms with van der Waals surface area (Å²) in [4.78, 5) is 23.4. The van der Waals surface area contributed by atoms with Crippen molar-refractivity contribution in [3.63, 3.8) is 0 Å². The van der Waals surface area contributed by atoms with Gasteiger partial charge in [-0.15, -0.1) is 0 Å². The number of rotatable bonds is 9. The number of ether oxygens (including phenoxy) is 5. The molecule has 9 atom stereocenters. The van der Waals surface area contributed by atoms with Gasteiger partial charge in [-0.2, -0.15) is 0 Å². The molecule has 2 heterocycles. The van der Waals surface area contributed by atoms with Gasteiger partial charge in [-0.1, -0.05) is 30.3 Å². The number of aliphatic hydroxyl groups excluding tert-OH is 6. The number of carbonyl (C=O) groups excluding carboxylic acids is 2. The van der Waals surface area contributed by atoms with E-state index in [0.29, 0.717) is 5.56 Å². The van der Waals surface area contributed by atoms with Crippen LogP contribution < -0.4 is 0 Å². The molecular formula is C23H30O13. The van der Waals surface area contributed by atoms with Crippen LogP contribution in [0.5, 0.6) is 0 Å². The lowest BCUT2D eigenvalue weighted by Gasteiger charge is -2.43. The van der Waals surface area contributed by atoms with Crippen molar-refractivity contribution in [2.75, 3.05) is 19.8 Å². The van der Waals surface area contributed by atoms with E-state index < -0.39 is 86.6 Å². The van der Waals surface area contributed by atoms with E-state index in [4.69, 9.17) is 23.7 Å².